The van der Waals surface area contributed by atoms with Crippen LogP contribution < -0.4 is 5.73 Å². The summed E-state index contributed by atoms with van der Waals surface area (Å²) in [4.78, 5) is 0. The van der Waals surface area contributed by atoms with Crippen LogP contribution >= 0.6 is 0 Å². The van der Waals surface area contributed by atoms with E-state index in [1.54, 1.807) is 4.68 Å². The maximum Gasteiger partial charge on any atom is 0.140 e. The Labute approximate surface area is 142 Å². The lowest BCUT2D eigenvalue weighted by atomic mass is 10.1. The Morgan fingerprint density at radius 2 is 1.79 bits per heavy atom. The van der Waals surface area contributed by atoms with Crippen molar-refractivity contribution in [2.45, 2.75) is 26.8 Å². The summed E-state index contributed by atoms with van der Waals surface area (Å²) >= 11 is 0. The number of rotatable bonds is 4. The quantitative estimate of drug-likeness (QED) is 0.799. The number of anilines is 1. The summed E-state index contributed by atoms with van der Waals surface area (Å²) in [5, 5.41) is 14.1. The first kappa shape index (κ1) is 15.8. The van der Waals surface area contributed by atoms with Gasteiger partial charge in [0, 0.05) is 6.42 Å². The molecule has 0 saturated carbocycles. The van der Waals surface area contributed by atoms with E-state index >= 15 is 0 Å². The minimum atomic E-state index is 0.433. The van der Waals surface area contributed by atoms with E-state index in [9.17, 15) is 5.26 Å². The molecule has 0 spiro atoms. The Morgan fingerprint density at radius 3 is 2.46 bits per heavy atom. The van der Waals surface area contributed by atoms with Crippen molar-refractivity contribution in [3.05, 3.63) is 82.0 Å². The van der Waals surface area contributed by atoms with E-state index in [2.05, 4.69) is 61.4 Å². The number of nitriles is 1. The van der Waals surface area contributed by atoms with Gasteiger partial charge in [-0.25, -0.2) is 4.68 Å². The molecule has 0 bridgehead atoms. The largest absolute Gasteiger partial charge is 0.383 e. The van der Waals surface area contributed by atoms with E-state index in [1.165, 1.54) is 11.1 Å². The molecule has 4 heteroatoms. The molecular formula is C20H20N4. The Bertz CT molecular complexity index is 898. The second-order valence-corrected chi connectivity index (χ2v) is 6.07. The van der Waals surface area contributed by atoms with Gasteiger partial charge in [0.05, 0.1) is 12.2 Å². The molecule has 0 aliphatic rings. The molecule has 0 radical (unpaired) electrons. The summed E-state index contributed by atoms with van der Waals surface area (Å²) in [5.41, 5.74) is 12.0. The Hall–Kier alpha value is -3.06. The van der Waals surface area contributed by atoms with Crippen molar-refractivity contribution >= 4 is 5.82 Å². The van der Waals surface area contributed by atoms with Crippen LogP contribution in [0.15, 0.2) is 48.5 Å². The molecule has 0 aliphatic heterocycles. The zero-order chi connectivity index (χ0) is 17.1. The predicted octanol–water partition coefficient (Wildman–Crippen LogP) is 3.59. The summed E-state index contributed by atoms with van der Waals surface area (Å²) in [6.07, 6.45) is 0.605. The van der Waals surface area contributed by atoms with Crippen molar-refractivity contribution in [2.75, 3.05) is 5.73 Å². The highest BCUT2D eigenvalue weighted by atomic mass is 15.3. The van der Waals surface area contributed by atoms with Crippen LogP contribution in [0.5, 0.6) is 0 Å². The third-order valence-electron chi connectivity index (χ3n) is 4.25. The van der Waals surface area contributed by atoms with Gasteiger partial charge in [-0.1, -0.05) is 54.1 Å². The summed E-state index contributed by atoms with van der Waals surface area (Å²) in [7, 11) is 0. The zero-order valence-corrected chi connectivity index (χ0v) is 14.0. The third-order valence-corrected chi connectivity index (χ3v) is 4.25. The lowest BCUT2D eigenvalue weighted by Gasteiger charge is -2.07. The number of nitrogens with zero attached hydrogens (tertiary/aromatic N) is 3. The van der Waals surface area contributed by atoms with Gasteiger partial charge in [0.2, 0.25) is 0 Å². The van der Waals surface area contributed by atoms with Crippen LogP contribution in [0, 0.1) is 25.2 Å². The van der Waals surface area contributed by atoms with Gasteiger partial charge in [-0.15, -0.1) is 0 Å². The first-order chi connectivity index (χ1) is 11.6. The van der Waals surface area contributed by atoms with Crippen LogP contribution in [0.4, 0.5) is 5.82 Å². The molecule has 24 heavy (non-hydrogen) atoms. The van der Waals surface area contributed by atoms with Crippen LogP contribution in [0.2, 0.25) is 0 Å². The molecule has 0 unspecified atom stereocenters. The van der Waals surface area contributed by atoms with Crippen molar-refractivity contribution in [2.24, 2.45) is 0 Å². The molecule has 0 fully saturated rings. The summed E-state index contributed by atoms with van der Waals surface area (Å²) in [6, 6.07) is 18.6. The van der Waals surface area contributed by atoms with E-state index < -0.39 is 0 Å². The molecule has 2 N–H and O–H groups in total. The van der Waals surface area contributed by atoms with Gasteiger partial charge >= 0.3 is 0 Å². The maximum absolute atomic E-state index is 9.47. The molecule has 1 aromatic heterocycles. The van der Waals surface area contributed by atoms with Gasteiger partial charge in [0.15, 0.2) is 0 Å². The van der Waals surface area contributed by atoms with Crippen molar-refractivity contribution in [3.63, 3.8) is 0 Å². The van der Waals surface area contributed by atoms with Crippen LogP contribution in [-0.2, 0) is 13.0 Å². The molecule has 0 atom stereocenters. The van der Waals surface area contributed by atoms with E-state index in [-0.39, 0.29) is 0 Å². The van der Waals surface area contributed by atoms with Gasteiger partial charge in [-0.2, -0.15) is 10.4 Å². The number of nitrogen functional groups attached to an aromatic ring is 1. The summed E-state index contributed by atoms with van der Waals surface area (Å²) in [5.74, 6) is 0.433. The van der Waals surface area contributed by atoms with E-state index in [0.717, 1.165) is 16.8 Å². The Kier molecular flexibility index (Phi) is 4.35. The zero-order valence-electron chi connectivity index (χ0n) is 14.0. The molecule has 0 amide bonds. The maximum atomic E-state index is 9.47. The monoisotopic (exact) mass is 316 g/mol. The number of aromatic nitrogens is 2. The lowest BCUT2D eigenvalue weighted by Crippen LogP contribution is -2.07. The molecule has 1 heterocycles. The number of nitrogens with two attached hydrogens (primary N) is 1. The topological polar surface area (TPSA) is 67.6 Å². The lowest BCUT2D eigenvalue weighted by molar-refractivity contribution is 0.682. The van der Waals surface area contributed by atoms with E-state index in [0.29, 0.717) is 24.3 Å². The van der Waals surface area contributed by atoms with Crippen molar-refractivity contribution in [3.8, 4) is 6.07 Å². The minimum absolute atomic E-state index is 0.433. The second kappa shape index (κ2) is 6.59. The molecule has 2 aromatic carbocycles. The molecule has 4 nitrogen and oxygen atoms in total. The standard InChI is InChI=1S/C20H20N4/c1-14-7-9-16(10-8-14)11-19-18(12-21)20(22)24(23-19)13-17-6-4-3-5-15(17)2/h3-10H,11,13,22H2,1-2H3. The first-order valence-electron chi connectivity index (χ1n) is 7.94. The molecule has 3 rings (SSSR count). The normalized spacial score (nSPS) is 10.5. The fraction of sp³-hybridized carbons (Fsp3) is 0.200. The van der Waals surface area contributed by atoms with E-state index in [4.69, 9.17) is 5.73 Å². The van der Waals surface area contributed by atoms with Crippen molar-refractivity contribution < 1.29 is 0 Å². The number of benzene rings is 2. The van der Waals surface area contributed by atoms with Gasteiger partial charge in [-0.3, -0.25) is 0 Å². The predicted molar refractivity (Wildman–Crippen MR) is 95.6 cm³/mol. The van der Waals surface area contributed by atoms with E-state index in [1.807, 2.05) is 12.1 Å². The minimum Gasteiger partial charge on any atom is -0.383 e. The van der Waals surface area contributed by atoms with Crippen molar-refractivity contribution in [1.29, 1.82) is 5.26 Å². The number of aryl methyl sites for hydroxylation is 2. The molecule has 0 aliphatic carbocycles. The van der Waals surface area contributed by atoms with Crippen LogP contribution in [0.3, 0.4) is 0 Å². The third kappa shape index (κ3) is 3.16. The number of hydrogen-bond acceptors (Lipinski definition) is 3. The highest BCUT2D eigenvalue weighted by molar-refractivity contribution is 5.53. The van der Waals surface area contributed by atoms with Gasteiger partial charge in [-0.05, 0) is 30.5 Å². The average Bonchev–Trinajstić information content (AvgIpc) is 2.87. The molecule has 0 saturated heterocycles. The van der Waals surface area contributed by atoms with Crippen LogP contribution in [0.1, 0.15) is 33.5 Å². The summed E-state index contributed by atoms with van der Waals surface area (Å²) < 4.78 is 1.73. The Morgan fingerprint density at radius 1 is 1.08 bits per heavy atom. The number of hydrogen-bond donors (Lipinski definition) is 1. The highest BCUT2D eigenvalue weighted by Crippen LogP contribution is 2.21. The fourth-order valence-electron chi connectivity index (χ4n) is 2.74. The fourth-order valence-corrected chi connectivity index (χ4v) is 2.74. The Balaban J connectivity index is 1.92. The average molecular weight is 316 g/mol. The molecule has 3 aromatic rings. The van der Waals surface area contributed by atoms with Crippen molar-refractivity contribution in [1.82, 2.24) is 9.78 Å². The highest BCUT2D eigenvalue weighted by Gasteiger charge is 2.16. The van der Waals surface area contributed by atoms with Crippen LogP contribution in [-0.4, -0.2) is 9.78 Å². The first-order valence-corrected chi connectivity index (χ1v) is 7.94. The SMILES string of the molecule is Cc1ccc(Cc2nn(Cc3ccccc3C)c(N)c2C#N)cc1. The second-order valence-electron chi connectivity index (χ2n) is 6.07. The summed E-state index contributed by atoms with van der Waals surface area (Å²) in [6.45, 7) is 4.69. The molecular weight excluding hydrogens is 296 g/mol. The van der Waals surface area contributed by atoms with Gasteiger partial charge in [0.1, 0.15) is 17.5 Å². The van der Waals surface area contributed by atoms with Crippen LogP contribution in [0.25, 0.3) is 0 Å². The van der Waals surface area contributed by atoms with Gasteiger partial charge in [0.25, 0.3) is 0 Å². The molecule has 120 valence electrons. The smallest absolute Gasteiger partial charge is 0.140 e. The van der Waals surface area contributed by atoms with Gasteiger partial charge < -0.3 is 5.73 Å².